The van der Waals surface area contributed by atoms with Crippen LogP contribution in [0.5, 0.6) is 11.5 Å². The molecule has 24 heavy (non-hydrogen) atoms. The van der Waals surface area contributed by atoms with E-state index in [2.05, 4.69) is 0 Å². The largest absolute Gasteiger partial charge is 0.454 e. The number of fused-ring (bicyclic) bond motifs is 1. The van der Waals surface area contributed by atoms with Gasteiger partial charge >= 0.3 is 0 Å². The minimum atomic E-state index is -0.692. The predicted molar refractivity (Wildman–Crippen MR) is 83.4 cm³/mol. The van der Waals surface area contributed by atoms with Crippen LogP contribution in [0.15, 0.2) is 42.6 Å². The molecule has 1 aliphatic carbocycles. The van der Waals surface area contributed by atoms with E-state index in [1.54, 1.807) is 6.08 Å². The standard InChI is InChI=1S/C17H17NO6/c19-18(20)8-7-16(3-5-17(6-4-16)23-9-10-24-17)13-1-2-14-15(11-13)22-12-21-14/h1-3,5,7-8,11H,4,6,9-10,12H2/b8-7+/t16-/m1/s1. The van der Waals surface area contributed by atoms with Crippen molar-refractivity contribution in [1.82, 2.24) is 0 Å². The van der Waals surface area contributed by atoms with E-state index in [-0.39, 0.29) is 6.79 Å². The van der Waals surface area contributed by atoms with Gasteiger partial charge < -0.3 is 18.9 Å². The first kappa shape index (κ1) is 15.2. The third-order valence-electron chi connectivity index (χ3n) is 4.70. The molecule has 1 aromatic carbocycles. The van der Waals surface area contributed by atoms with Crippen LogP contribution in [0, 0.1) is 10.1 Å². The number of rotatable bonds is 3. The van der Waals surface area contributed by atoms with Gasteiger partial charge in [-0.2, -0.15) is 0 Å². The van der Waals surface area contributed by atoms with Crippen LogP contribution in [0.2, 0.25) is 0 Å². The molecule has 1 fully saturated rings. The Morgan fingerprint density at radius 2 is 1.88 bits per heavy atom. The van der Waals surface area contributed by atoms with Crippen molar-refractivity contribution in [2.75, 3.05) is 20.0 Å². The molecule has 1 aromatic rings. The fourth-order valence-electron chi connectivity index (χ4n) is 3.39. The highest BCUT2D eigenvalue weighted by Crippen LogP contribution is 2.45. The van der Waals surface area contributed by atoms with E-state index in [0.717, 1.165) is 11.8 Å². The summed E-state index contributed by atoms with van der Waals surface area (Å²) in [5, 5.41) is 10.9. The summed E-state index contributed by atoms with van der Waals surface area (Å²) in [6.45, 7) is 1.31. The van der Waals surface area contributed by atoms with Gasteiger partial charge in [0.25, 0.3) is 0 Å². The number of nitrogens with zero attached hydrogens (tertiary/aromatic N) is 1. The van der Waals surface area contributed by atoms with Crippen LogP contribution < -0.4 is 9.47 Å². The molecule has 7 heteroatoms. The van der Waals surface area contributed by atoms with Gasteiger partial charge in [0.1, 0.15) is 0 Å². The van der Waals surface area contributed by atoms with E-state index >= 15 is 0 Å². The van der Waals surface area contributed by atoms with E-state index in [9.17, 15) is 10.1 Å². The maximum absolute atomic E-state index is 10.9. The molecule has 1 saturated heterocycles. The maximum atomic E-state index is 10.9. The fourth-order valence-corrected chi connectivity index (χ4v) is 3.39. The van der Waals surface area contributed by atoms with E-state index < -0.39 is 16.1 Å². The van der Waals surface area contributed by atoms with Crippen LogP contribution in [0.4, 0.5) is 0 Å². The average Bonchev–Trinajstić information content (AvgIpc) is 3.23. The molecule has 2 aliphatic heterocycles. The number of ether oxygens (including phenoxy) is 4. The molecular weight excluding hydrogens is 314 g/mol. The monoisotopic (exact) mass is 331 g/mol. The van der Waals surface area contributed by atoms with Crippen LogP contribution in [-0.4, -0.2) is 30.7 Å². The van der Waals surface area contributed by atoms with Crippen molar-refractivity contribution in [2.45, 2.75) is 24.0 Å². The molecule has 1 atom stereocenters. The number of nitro groups is 1. The fraction of sp³-hybridized carbons (Fsp3) is 0.412. The lowest BCUT2D eigenvalue weighted by Crippen LogP contribution is -2.36. The molecular formula is C17H17NO6. The van der Waals surface area contributed by atoms with Gasteiger partial charge in [-0.25, -0.2) is 0 Å². The molecule has 7 nitrogen and oxygen atoms in total. The van der Waals surface area contributed by atoms with Crippen molar-refractivity contribution in [1.29, 1.82) is 0 Å². The van der Waals surface area contributed by atoms with Crippen molar-refractivity contribution in [3.8, 4) is 11.5 Å². The summed E-state index contributed by atoms with van der Waals surface area (Å²) >= 11 is 0. The van der Waals surface area contributed by atoms with Gasteiger partial charge in [-0.05, 0) is 30.2 Å². The third kappa shape index (κ3) is 2.55. The topological polar surface area (TPSA) is 80.1 Å². The average molecular weight is 331 g/mol. The lowest BCUT2D eigenvalue weighted by atomic mass is 9.72. The zero-order valence-corrected chi connectivity index (χ0v) is 13.0. The van der Waals surface area contributed by atoms with Crippen molar-refractivity contribution in [3.05, 3.63) is 58.3 Å². The first-order valence-corrected chi connectivity index (χ1v) is 7.82. The van der Waals surface area contributed by atoms with Crippen LogP contribution in [0.1, 0.15) is 18.4 Å². The van der Waals surface area contributed by atoms with Crippen molar-refractivity contribution < 1.29 is 23.9 Å². The Hall–Kier alpha value is -2.38. The summed E-state index contributed by atoms with van der Waals surface area (Å²) in [5.74, 6) is 0.650. The number of hydrogen-bond donors (Lipinski definition) is 0. The molecule has 0 bridgehead atoms. The minimum absolute atomic E-state index is 0.192. The molecule has 0 radical (unpaired) electrons. The molecule has 0 saturated carbocycles. The normalized spacial score (nSPS) is 27.2. The second-order valence-corrected chi connectivity index (χ2v) is 6.05. The highest BCUT2D eigenvalue weighted by Gasteiger charge is 2.42. The van der Waals surface area contributed by atoms with Gasteiger partial charge in [0.15, 0.2) is 17.3 Å². The Morgan fingerprint density at radius 3 is 2.58 bits per heavy atom. The smallest absolute Gasteiger partial charge is 0.231 e. The van der Waals surface area contributed by atoms with Gasteiger partial charge in [0.05, 0.1) is 18.1 Å². The number of allylic oxidation sites excluding steroid dienone is 2. The van der Waals surface area contributed by atoms with Gasteiger partial charge in [-0.15, -0.1) is 0 Å². The molecule has 0 aromatic heterocycles. The summed E-state index contributed by atoms with van der Waals surface area (Å²) in [6.07, 6.45) is 7.66. The maximum Gasteiger partial charge on any atom is 0.231 e. The van der Waals surface area contributed by atoms with Crippen LogP contribution in [0.3, 0.4) is 0 Å². The quantitative estimate of drug-likeness (QED) is 0.481. The van der Waals surface area contributed by atoms with Crippen molar-refractivity contribution in [3.63, 3.8) is 0 Å². The number of benzene rings is 1. The molecule has 2 heterocycles. The molecule has 1 spiro atoms. The molecule has 126 valence electrons. The first-order chi connectivity index (χ1) is 11.6. The lowest BCUT2D eigenvalue weighted by molar-refractivity contribution is -0.402. The summed E-state index contributed by atoms with van der Waals surface area (Å²) in [6, 6.07) is 5.63. The Labute approximate surface area is 138 Å². The highest BCUT2D eigenvalue weighted by atomic mass is 16.7. The van der Waals surface area contributed by atoms with Gasteiger partial charge in [-0.1, -0.05) is 12.1 Å². The summed E-state index contributed by atoms with van der Waals surface area (Å²) < 4.78 is 22.2. The second kappa shape index (κ2) is 5.61. The zero-order valence-electron chi connectivity index (χ0n) is 13.0. The van der Waals surface area contributed by atoms with Crippen LogP contribution in [-0.2, 0) is 14.9 Å². The first-order valence-electron chi connectivity index (χ1n) is 7.82. The minimum Gasteiger partial charge on any atom is -0.454 e. The molecule has 4 rings (SSSR count). The van der Waals surface area contributed by atoms with E-state index in [0.29, 0.717) is 37.6 Å². The van der Waals surface area contributed by atoms with Gasteiger partial charge in [0.2, 0.25) is 13.0 Å². The van der Waals surface area contributed by atoms with E-state index in [1.807, 2.05) is 30.4 Å². The Bertz CT molecular complexity index is 722. The lowest BCUT2D eigenvalue weighted by Gasteiger charge is -2.37. The second-order valence-electron chi connectivity index (χ2n) is 6.05. The Kier molecular flexibility index (Phi) is 3.54. The van der Waals surface area contributed by atoms with Crippen molar-refractivity contribution >= 4 is 0 Å². The van der Waals surface area contributed by atoms with Crippen molar-refractivity contribution in [2.24, 2.45) is 0 Å². The summed E-state index contributed by atoms with van der Waals surface area (Å²) in [4.78, 5) is 10.4. The molecule has 0 N–H and O–H groups in total. The highest BCUT2D eigenvalue weighted by molar-refractivity contribution is 5.50. The van der Waals surface area contributed by atoms with E-state index in [4.69, 9.17) is 18.9 Å². The third-order valence-corrected chi connectivity index (χ3v) is 4.70. The predicted octanol–water partition coefficient (Wildman–Crippen LogP) is 2.54. The molecule has 3 aliphatic rings. The zero-order chi connectivity index (χ0) is 16.6. The van der Waals surface area contributed by atoms with E-state index in [1.165, 1.54) is 0 Å². The van der Waals surface area contributed by atoms with Crippen LogP contribution >= 0.6 is 0 Å². The number of hydrogen-bond acceptors (Lipinski definition) is 6. The summed E-state index contributed by atoms with van der Waals surface area (Å²) in [5.41, 5.74) is 0.308. The Balaban J connectivity index is 1.73. The molecule has 0 amide bonds. The van der Waals surface area contributed by atoms with Gasteiger partial charge in [0, 0.05) is 17.9 Å². The van der Waals surface area contributed by atoms with Crippen LogP contribution in [0.25, 0.3) is 0 Å². The molecule has 0 unspecified atom stereocenters. The Morgan fingerprint density at radius 1 is 1.08 bits per heavy atom. The summed E-state index contributed by atoms with van der Waals surface area (Å²) in [7, 11) is 0. The SMILES string of the molecule is O=[N+]([O-])/C=C/[C@@]1(c2ccc3c(c2)OCO3)C=CC2(CC1)OCCO2. The van der Waals surface area contributed by atoms with Gasteiger partial charge in [-0.3, -0.25) is 10.1 Å².